The van der Waals surface area contributed by atoms with Crippen LogP contribution in [0.5, 0.6) is 11.5 Å². The number of hydrogen-bond acceptors (Lipinski definition) is 7. The zero-order valence-corrected chi connectivity index (χ0v) is 22.2. The Labute approximate surface area is 231 Å². The number of para-hydroxylation sites is 1. The van der Waals surface area contributed by atoms with Crippen molar-refractivity contribution in [2.45, 2.75) is 20.0 Å². The first-order valence-electron chi connectivity index (χ1n) is 11.9. The number of nitrogens with zero attached hydrogens (tertiary/aromatic N) is 3. The van der Waals surface area contributed by atoms with Gasteiger partial charge in [0.2, 0.25) is 5.82 Å². The van der Waals surface area contributed by atoms with Gasteiger partial charge in [-0.25, -0.2) is 9.78 Å². The van der Waals surface area contributed by atoms with Gasteiger partial charge in [0.05, 0.1) is 28.7 Å². The molecule has 0 unspecified atom stereocenters. The average Bonchev–Trinajstić information content (AvgIpc) is 3.33. The summed E-state index contributed by atoms with van der Waals surface area (Å²) in [6.45, 7) is 3.44. The van der Waals surface area contributed by atoms with Gasteiger partial charge in [-0.3, -0.25) is 4.79 Å². The normalized spacial score (nSPS) is 12.3. The smallest absolute Gasteiger partial charge is 0.344 e. The number of rotatable bonds is 8. The molecular weight excluding hydrogens is 545 g/mol. The number of halogens is 2. The van der Waals surface area contributed by atoms with E-state index in [0.717, 1.165) is 10.1 Å². The van der Waals surface area contributed by atoms with Crippen LogP contribution in [0.2, 0.25) is 10.0 Å². The minimum Gasteiger partial charge on any atom is -0.490 e. The van der Waals surface area contributed by atoms with Gasteiger partial charge in [-0.05, 0) is 67.9 Å². The fourth-order valence-electron chi connectivity index (χ4n) is 3.91. The maximum Gasteiger partial charge on any atom is 0.344 e. The molecule has 5 rings (SSSR count). The number of aromatic nitrogens is 2. The van der Waals surface area contributed by atoms with E-state index in [1.54, 1.807) is 61.5 Å². The number of carboxylic acids is 1. The maximum absolute atomic E-state index is 13.5. The minimum absolute atomic E-state index is 0.0942. The molecular formula is C28H21Cl2N3O6. The molecule has 0 aliphatic carbocycles. The van der Waals surface area contributed by atoms with Crippen molar-refractivity contribution in [2.24, 2.45) is 5.10 Å². The van der Waals surface area contributed by atoms with Crippen LogP contribution >= 0.6 is 23.2 Å². The Morgan fingerprint density at radius 3 is 2.74 bits per heavy atom. The van der Waals surface area contributed by atoms with Crippen molar-refractivity contribution in [1.82, 2.24) is 9.66 Å². The predicted molar refractivity (Wildman–Crippen MR) is 150 cm³/mol. The van der Waals surface area contributed by atoms with E-state index in [1.165, 1.54) is 19.2 Å². The Kier molecular flexibility index (Phi) is 7.28. The molecule has 0 aliphatic rings. The molecule has 1 N–H and O–H groups in total. The molecule has 1 atom stereocenters. The second kappa shape index (κ2) is 10.8. The lowest BCUT2D eigenvalue weighted by molar-refractivity contribution is -0.144. The number of hydrogen-bond donors (Lipinski definition) is 1. The van der Waals surface area contributed by atoms with Gasteiger partial charge in [0.25, 0.3) is 5.56 Å². The molecule has 11 heteroatoms. The van der Waals surface area contributed by atoms with Gasteiger partial charge in [0, 0.05) is 10.4 Å². The summed E-state index contributed by atoms with van der Waals surface area (Å²) in [4.78, 5) is 29.4. The van der Waals surface area contributed by atoms with Gasteiger partial charge in [-0.2, -0.15) is 9.78 Å². The van der Waals surface area contributed by atoms with Crippen LogP contribution in [0, 0.1) is 0 Å². The Bertz CT molecular complexity index is 1810. The highest BCUT2D eigenvalue weighted by Crippen LogP contribution is 2.37. The number of aliphatic carboxylic acids is 1. The van der Waals surface area contributed by atoms with E-state index in [4.69, 9.17) is 37.1 Å². The summed E-state index contributed by atoms with van der Waals surface area (Å²) in [7, 11) is 0. The third kappa shape index (κ3) is 5.32. The van der Waals surface area contributed by atoms with E-state index >= 15 is 0 Å². The zero-order chi connectivity index (χ0) is 27.7. The van der Waals surface area contributed by atoms with Crippen LogP contribution < -0.4 is 15.0 Å². The van der Waals surface area contributed by atoms with E-state index < -0.39 is 17.6 Å². The van der Waals surface area contributed by atoms with Crippen LogP contribution in [-0.2, 0) is 4.79 Å². The lowest BCUT2D eigenvalue weighted by Crippen LogP contribution is -2.23. The van der Waals surface area contributed by atoms with Crippen LogP contribution in [0.3, 0.4) is 0 Å². The summed E-state index contributed by atoms with van der Waals surface area (Å²) >= 11 is 12.6. The quantitative estimate of drug-likeness (QED) is 0.221. The van der Waals surface area contributed by atoms with Crippen LogP contribution in [0.4, 0.5) is 0 Å². The number of fused-ring (bicyclic) bond motifs is 2. The van der Waals surface area contributed by atoms with Crippen molar-refractivity contribution >= 4 is 57.3 Å². The molecule has 9 nitrogen and oxygen atoms in total. The molecule has 0 aliphatic heterocycles. The van der Waals surface area contributed by atoms with E-state index in [0.29, 0.717) is 32.8 Å². The number of furan rings is 1. The summed E-state index contributed by atoms with van der Waals surface area (Å²) in [6.07, 6.45) is 0.268. The topological polar surface area (TPSA) is 116 Å². The monoisotopic (exact) mass is 565 g/mol. The fraction of sp³-hybridized carbons (Fsp3) is 0.143. The highest BCUT2D eigenvalue weighted by molar-refractivity contribution is 6.32. The summed E-state index contributed by atoms with van der Waals surface area (Å²) in [6, 6.07) is 17.0. The van der Waals surface area contributed by atoms with Gasteiger partial charge < -0.3 is 19.0 Å². The summed E-state index contributed by atoms with van der Waals surface area (Å²) in [5.74, 6) is -0.308. The van der Waals surface area contributed by atoms with E-state index in [-0.39, 0.29) is 29.0 Å². The molecule has 2 aromatic heterocycles. The number of ether oxygens (including phenoxy) is 2. The Morgan fingerprint density at radius 1 is 1.18 bits per heavy atom. The van der Waals surface area contributed by atoms with Crippen LogP contribution in [0.1, 0.15) is 19.4 Å². The highest BCUT2D eigenvalue weighted by atomic mass is 35.5. The summed E-state index contributed by atoms with van der Waals surface area (Å²) < 4.78 is 18.3. The Balaban J connectivity index is 1.63. The first-order valence-corrected chi connectivity index (χ1v) is 12.6. The van der Waals surface area contributed by atoms with Gasteiger partial charge in [-0.1, -0.05) is 35.3 Å². The van der Waals surface area contributed by atoms with E-state index in [2.05, 4.69) is 10.1 Å². The molecule has 0 saturated heterocycles. The molecule has 5 aromatic rings. The average molecular weight is 566 g/mol. The SMILES string of the molecule is CCOc1cc(C=Nn2c(-c3cc4cc(Cl)ccc4o3)nc3ccccc3c2=O)cc(Cl)c1O[C@@H](C)C(=O)O. The molecule has 0 saturated carbocycles. The first-order chi connectivity index (χ1) is 18.7. The molecule has 2 heterocycles. The van der Waals surface area contributed by atoms with Crippen molar-refractivity contribution in [3.05, 3.63) is 86.6 Å². The molecule has 0 amide bonds. The summed E-state index contributed by atoms with van der Waals surface area (Å²) in [5.41, 5.74) is 1.13. The standard InChI is InChI=1S/C28H21Cl2N3O6/c1-3-37-23-11-16(10-20(30)25(23)38-15(2)28(35)36)14-31-33-26(32-21-7-5-4-6-19(21)27(33)34)24-13-17-12-18(29)8-9-22(17)39-24/h4-15H,3H2,1-2H3,(H,35,36)/t15-/m0/s1. The maximum atomic E-state index is 13.5. The minimum atomic E-state index is -1.15. The second-order valence-electron chi connectivity index (χ2n) is 8.47. The van der Waals surface area contributed by atoms with Crippen molar-refractivity contribution in [1.29, 1.82) is 0 Å². The lowest BCUT2D eigenvalue weighted by Gasteiger charge is -2.16. The Morgan fingerprint density at radius 2 is 1.97 bits per heavy atom. The van der Waals surface area contributed by atoms with E-state index in [1.807, 2.05) is 0 Å². The second-order valence-corrected chi connectivity index (χ2v) is 9.31. The van der Waals surface area contributed by atoms with Crippen molar-refractivity contribution in [3.8, 4) is 23.1 Å². The Hall–Kier alpha value is -4.34. The van der Waals surface area contributed by atoms with Crippen LogP contribution in [-0.4, -0.2) is 39.7 Å². The number of carboxylic acid groups (broad SMARTS) is 1. The zero-order valence-electron chi connectivity index (χ0n) is 20.7. The van der Waals surface area contributed by atoms with Crippen molar-refractivity contribution in [3.63, 3.8) is 0 Å². The third-order valence-corrected chi connectivity index (χ3v) is 6.26. The van der Waals surface area contributed by atoms with Gasteiger partial charge in [0.15, 0.2) is 23.4 Å². The largest absolute Gasteiger partial charge is 0.490 e. The van der Waals surface area contributed by atoms with Crippen LogP contribution in [0.15, 0.2) is 75.0 Å². The lowest BCUT2D eigenvalue weighted by atomic mass is 10.2. The van der Waals surface area contributed by atoms with Crippen LogP contribution in [0.25, 0.3) is 33.5 Å². The number of benzene rings is 3. The molecule has 39 heavy (non-hydrogen) atoms. The molecule has 0 spiro atoms. The van der Waals surface area contributed by atoms with Crippen molar-refractivity contribution < 1.29 is 23.8 Å². The van der Waals surface area contributed by atoms with Gasteiger partial charge >= 0.3 is 5.97 Å². The third-order valence-electron chi connectivity index (χ3n) is 5.75. The molecule has 0 fully saturated rings. The van der Waals surface area contributed by atoms with Gasteiger partial charge in [0.1, 0.15) is 5.58 Å². The summed E-state index contributed by atoms with van der Waals surface area (Å²) in [5, 5.41) is 15.4. The number of carbonyl (C=O) groups is 1. The molecule has 3 aromatic carbocycles. The molecule has 0 bridgehead atoms. The predicted octanol–water partition coefficient (Wildman–Crippen LogP) is 6.25. The van der Waals surface area contributed by atoms with Gasteiger partial charge in [-0.15, -0.1) is 0 Å². The van der Waals surface area contributed by atoms with Crippen molar-refractivity contribution in [2.75, 3.05) is 6.61 Å². The first kappa shape index (κ1) is 26.3. The molecule has 198 valence electrons. The van der Waals surface area contributed by atoms with E-state index in [9.17, 15) is 14.7 Å². The highest BCUT2D eigenvalue weighted by Gasteiger charge is 2.20. The molecule has 0 radical (unpaired) electrons. The fourth-order valence-corrected chi connectivity index (χ4v) is 4.35.